The Bertz CT molecular complexity index is 670. The van der Waals surface area contributed by atoms with Gasteiger partial charge in [0.1, 0.15) is 17.6 Å². The molecule has 0 unspecified atom stereocenters. The van der Waals surface area contributed by atoms with Gasteiger partial charge >= 0.3 is 0 Å². The standard InChI is InChI=1S/C17H22N4OS/c1-12-7-8-14(22-12)16-15(13-6-4-5-9-18-13)19-17(23)21(16)11-10-20(2)3/h4-9,15-16H,10-11H2,1-3H3,(H,19,23)/t15-,16-/m1/s1. The van der Waals surface area contributed by atoms with Crippen LogP contribution in [0.15, 0.2) is 40.9 Å². The lowest BCUT2D eigenvalue weighted by Gasteiger charge is -2.27. The zero-order chi connectivity index (χ0) is 16.4. The predicted molar refractivity (Wildman–Crippen MR) is 94.2 cm³/mol. The summed E-state index contributed by atoms with van der Waals surface area (Å²) in [5.74, 6) is 1.83. The van der Waals surface area contributed by atoms with Crippen LogP contribution in [0.1, 0.15) is 29.3 Å². The molecule has 3 rings (SSSR count). The van der Waals surface area contributed by atoms with Crippen LogP contribution in [0.25, 0.3) is 0 Å². The molecule has 1 aliphatic heterocycles. The van der Waals surface area contributed by atoms with Gasteiger partial charge in [0, 0.05) is 19.3 Å². The van der Waals surface area contributed by atoms with Crippen molar-refractivity contribution >= 4 is 17.3 Å². The van der Waals surface area contributed by atoms with E-state index in [-0.39, 0.29) is 12.1 Å². The fourth-order valence-corrected chi connectivity index (χ4v) is 3.21. The lowest BCUT2D eigenvalue weighted by molar-refractivity contribution is 0.246. The Morgan fingerprint density at radius 3 is 2.74 bits per heavy atom. The third-order valence-corrected chi connectivity index (χ3v) is 4.39. The maximum atomic E-state index is 5.92. The number of hydrogen-bond donors (Lipinski definition) is 1. The van der Waals surface area contributed by atoms with Crippen molar-refractivity contribution in [1.29, 1.82) is 0 Å². The van der Waals surface area contributed by atoms with Gasteiger partial charge in [-0.15, -0.1) is 0 Å². The number of nitrogens with one attached hydrogen (secondary N) is 1. The summed E-state index contributed by atoms with van der Waals surface area (Å²) in [5, 5.41) is 4.17. The molecule has 1 saturated heterocycles. The summed E-state index contributed by atoms with van der Waals surface area (Å²) in [5.41, 5.74) is 0.973. The van der Waals surface area contributed by atoms with Gasteiger partial charge in [-0.1, -0.05) is 6.07 Å². The van der Waals surface area contributed by atoms with E-state index in [0.717, 1.165) is 35.4 Å². The molecular formula is C17H22N4OS. The molecule has 0 bridgehead atoms. The number of aryl methyl sites for hydroxylation is 1. The van der Waals surface area contributed by atoms with Gasteiger partial charge in [0.25, 0.3) is 0 Å². The molecule has 2 atom stereocenters. The minimum Gasteiger partial charge on any atom is -0.464 e. The summed E-state index contributed by atoms with van der Waals surface area (Å²) >= 11 is 5.58. The van der Waals surface area contributed by atoms with Crippen molar-refractivity contribution < 1.29 is 4.42 Å². The lowest BCUT2D eigenvalue weighted by atomic mass is 10.0. The van der Waals surface area contributed by atoms with Crippen LogP contribution < -0.4 is 5.32 Å². The van der Waals surface area contributed by atoms with E-state index in [4.69, 9.17) is 16.6 Å². The fourth-order valence-electron chi connectivity index (χ4n) is 2.88. The molecule has 3 heterocycles. The second-order valence-electron chi connectivity index (χ2n) is 6.07. The summed E-state index contributed by atoms with van der Waals surface area (Å²) in [6.45, 7) is 3.73. The number of rotatable bonds is 5. The van der Waals surface area contributed by atoms with Gasteiger partial charge in [-0.3, -0.25) is 4.98 Å². The molecule has 0 spiro atoms. The first-order valence-electron chi connectivity index (χ1n) is 7.75. The molecule has 6 heteroatoms. The third kappa shape index (κ3) is 3.38. The summed E-state index contributed by atoms with van der Waals surface area (Å²) in [7, 11) is 4.13. The quantitative estimate of drug-likeness (QED) is 0.850. The van der Waals surface area contributed by atoms with Crippen LogP contribution in [0.2, 0.25) is 0 Å². The zero-order valence-corrected chi connectivity index (χ0v) is 14.5. The van der Waals surface area contributed by atoms with Crippen LogP contribution in [0.3, 0.4) is 0 Å². The van der Waals surface area contributed by atoms with Crippen LogP contribution in [0.5, 0.6) is 0 Å². The Hall–Kier alpha value is -1.92. The van der Waals surface area contributed by atoms with Crippen LogP contribution in [0.4, 0.5) is 0 Å². The highest BCUT2D eigenvalue weighted by Crippen LogP contribution is 2.38. The van der Waals surface area contributed by atoms with Gasteiger partial charge in [0.05, 0.1) is 11.7 Å². The highest BCUT2D eigenvalue weighted by Gasteiger charge is 2.41. The van der Waals surface area contributed by atoms with Crippen molar-refractivity contribution in [3.8, 4) is 0 Å². The molecule has 2 aromatic heterocycles. The third-order valence-electron chi connectivity index (χ3n) is 4.04. The van der Waals surface area contributed by atoms with E-state index in [0.29, 0.717) is 0 Å². The van der Waals surface area contributed by atoms with E-state index in [1.165, 1.54) is 0 Å². The Labute approximate surface area is 142 Å². The topological polar surface area (TPSA) is 44.5 Å². The van der Waals surface area contributed by atoms with E-state index < -0.39 is 0 Å². The molecule has 0 amide bonds. The monoisotopic (exact) mass is 330 g/mol. The van der Waals surface area contributed by atoms with Crippen molar-refractivity contribution in [2.45, 2.75) is 19.0 Å². The summed E-state index contributed by atoms with van der Waals surface area (Å²) < 4.78 is 5.92. The molecule has 1 aliphatic rings. The minimum absolute atomic E-state index is 0.00332. The van der Waals surface area contributed by atoms with E-state index in [9.17, 15) is 0 Å². The molecule has 0 saturated carbocycles. The molecule has 2 aromatic rings. The molecule has 5 nitrogen and oxygen atoms in total. The summed E-state index contributed by atoms with van der Waals surface area (Å²) in [4.78, 5) is 8.86. The van der Waals surface area contributed by atoms with Crippen LogP contribution in [-0.2, 0) is 0 Å². The first-order chi connectivity index (χ1) is 11.1. The molecule has 1 fully saturated rings. The van der Waals surface area contributed by atoms with E-state index in [1.807, 2.05) is 43.5 Å². The van der Waals surface area contributed by atoms with Gasteiger partial charge in [0.15, 0.2) is 5.11 Å². The van der Waals surface area contributed by atoms with Crippen LogP contribution in [0, 0.1) is 6.92 Å². The molecule has 0 radical (unpaired) electrons. The average Bonchev–Trinajstić information content (AvgIpc) is 3.09. The summed E-state index contributed by atoms with van der Waals surface area (Å²) in [6.07, 6.45) is 1.81. The Morgan fingerprint density at radius 1 is 1.30 bits per heavy atom. The second-order valence-corrected chi connectivity index (χ2v) is 6.46. The first kappa shape index (κ1) is 16.0. The van der Waals surface area contributed by atoms with Crippen molar-refractivity contribution in [2.24, 2.45) is 0 Å². The number of aromatic nitrogens is 1. The van der Waals surface area contributed by atoms with Gasteiger partial charge in [-0.05, 0) is 57.5 Å². The Balaban J connectivity index is 1.94. The average molecular weight is 330 g/mol. The van der Waals surface area contributed by atoms with Gasteiger partial charge in [-0.2, -0.15) is 0 Å². The van der Waals surface area contributed by atoms with Crippen LogP contribution in [-0.4, -0.2) is 47.1 Å². The van der Waals surface area contributed by atoms with Crippen molar-refractivity contribution in [2.75, 3.05) is 27.2 Å². The highest BCUT2D eigenvalue weighted by atomic mass is 32.1. The number of likely N-dealkylation sites (N-methyl/N-ethyl adjacent to an activating group) is 1. The zero-order valence-electron chi connectivity index (χ0n) is 13.7. The molecule has 0 aromatic carbocycles. The maximum absolute atomic E-state index is 5.92. The number of hydrogen-bond acceptors (Lipinski definition) is 4. The molecule has 23 heavy (non-hydrogen) atoms. The largest absolute Gasteiger partial charge is 0.464 e. The molecule has 1 N–H and O–H groups in total. The van der Waals surface area contributed by atoms with Gasteiger partial charge in [-0.25, -0.2) is 0 Å². The van der Waals surface area contributed by atoms with Crippen molar-refractivity contribution in [1.82, 2.24) is 20.1 Å². The highest BCUT2D eigenvalue weighted by molar-refractivity contribution is 7.80. The first-order valence-corrected chi connectivity index (χ1v) is 8.16. The SMILES string of the molecule is Cc1ccc([C@@H]2[C@@H](c3ccccn3)NC(=S)N2CCN(C)C)o1. The van der Waals surface area contributed by atoms with E-state index in [1.54, 1.807) is 0 Å². The number of nitrogens with zero attached hydrogens (tertiary/aromatic N) is 3. The minimum atomic E-state index is -0.00332. The Kier molecular flexibility index (Phi) is 4.63. The van der Waals surface area contributed by atoms with Gasteiger partial charge < -0.3 is 19.5 Å². The summed E-state index contributed by atoms with van der Waals surface area (Å²) in [6, 6.07) is 10.00. The lowest BCUT2D eigenvalue weighted by Crippen LogP contribution is -2.35. The second kappa shape index (κ2) is 6.68. The van der Waals surface area contributed by atoms with Crippen molar-refractivity contribution in [3.05, 3.63) is 53.7 Å². The normalized spacial score (nSPS) is 21.0. The predicted octanol–water partition coefficient (Wildman–Crippen LogP) is 2.52. The number of thiocarbonyl (C=S) groups is 1. The Morgan fingerprint density at radius 2 is 2.13 bits per heavy atom. The number of furan rings is 1. The number of pyridine rings is 1. The van der Waals surface area contributed by atoms with Crippen LogP contribution >= 0.6 is 12.2 Å². The van der Waals surface area contributed by atoms with Gasteiger partial charge in [0.2, 0.25) is 0 Å². The molecule has 0 aliphatic carbocycles. The van der Waals surface area contributed by atoms with E-state index in [2.05, 4.69) is 34.2 Å². The fraction of sp³-hybridized carbons (Fsp3) is 0.412. The van der Waals surface area contributed by atoms with E-state index >= 15 is 0 Å². The molecule has 122 valence electrons. The van der Waals surface area contributed by atoms with Crippen molar-refractivity contribution in [3.63, 3.8) is 0 Å². The smallest absolute Gasteiger partial charge is 0.170 e. The molecular weight excluding hydrogens is 308 g/mol. The maximum Gasteiger partial charge on any atom is 0.170 e.